The molecule has 1 saturated carbocycles. The van der Waals surface area contributed by atoms with Gasteiger partial charge in [-0.2, -0.15) is 5.10 Å². The maximum absolute atomic E-state index is 11.3. The Morgan fingerprint density at radius 1 is 1.62 bits per heavy atom. The highest BCUT2D eigenvalue weighted by Gasteiger charge is 2.55. The van der Waals surface area contributed by atoms with E-state index in [1.165, 1.54) is 5.56 Å². The number of aromatic amines is 1. The van der Waals surface area contributed by atoms with Gasteiger partial charge in [-0.25, -0.2) is 0 Å². The Morgan fingerprint density at radius 2 is 2.38 bits per heavy atom. The van der Waals surface area contributed by atoms with Gasteiger partial charge in [0.15, 0.2) is 5.78 Å². The van der Waals surface area contributed by atoms with E-state index in [0.29, 0.717) is 5.92 Å². The number of hydrogen-bond donors (Lipinski definition) is 1. The predicted octanol–water partition coefficient (Wildman–Crippen LogP) is 1.52. The lowest BCUT2D eigenvalue weighted by molar-refractivity contribution is 0.101. The van der Waals surface area contributed by atoms with Gasteiger partial charge < -0.3 is 0 Å². The molecule has 3 rings (SSSR count). The molecule has 0 aliphatic heterocycles. The number of Topliss-reactive ketones (excluding diaryl/α,β-unsaturated/α-hetero) is 1. The summed E-state index contributed by atoms with van der Waals surface area (Å²) in [6, 6.07) is 0. The number of rotatable bonds is 1. The summed E-state index contributed by atoms with van der Waals surface area (Å²) in [5.41, 5.74) is 3.12. The third kappa shape index (κ3) is 0.747. The quantitative estimate of drug-likeness (QED) is 0.659. The average Bonchev–Trinajstić information content (AvgIpc) is 2.50. The lowest BCUT2D eigenvalue weighted by atomic mass is 10.1. The lowest BCUT2D eigenvalue weighted by Crippen LogP contribution is -1.97. The number of hydrogen-bond acceptors (Lipinski definition) is 2. The Balaban J connectivity index is 2.12. The first-order chi connectivity index (χ1) is 6.20. The fourth-order valence-corrected chi connectivity index (χ4v) is 2.73. The zero-order valence-electron chi connectivity index (χ0n) is 7.79. The van der Waals surface area contributed by atoms with Gasteiger partial charge in [0.25, 0.3) is 0 Å². The molecule has 0 aromatic carbocycles. The van der Waals surface area contributed by atoms with Crippen LogP contribution >= 0.6 is 0 Å². The second-order valence-electron chi connectivity index (χ2n) is 4.27. The van der Waals surface area contributed by atoms with Crippen LogP contribution < -0.4 is 0 Å². The first kappa shape index (κ1) is 7.30. The number of carbonyl (C=O) groups excluding carboxylic acids is 1. The molecule has 3 heteroatoms. The second kappa shape index (κ2) is 2.03. The Bertz CT molecular complexity index is 394. The van der Waals surface area contributed by atoms with E-state index in [1.807, 2.05) is 0 Å². The molecule has 3 atom stereocenters. The number of nitrogens with one attached hydrogen (secondary N) is 1. The van der Waals surface area contributed by atoms with Gasteiger partial charge in [-0.1, -0.05) is 6.92 Å². The van der Waals surface area contributed by atoms with Crippen molar-refractivity contribution in [2.45, 2.75) is 26.2 Å². The third-order valence-electron chi connectivity index (χ3n) is 3.56. The number of fused-ring (bicyclic) bond motifs is 3. The summed E-state index contributed by atoms with van der Waals surface area (Å²) in [5.74, 6) is 2.30. The van der Waals surface area contributed by atoms with Crippen molar-refractivity contribution in [1.82, 2.24) is 10.2 Å². The molecule has 0 spiro atoms. The normalized spacial score (nSPS) is 34.2. The van der Waals surface area contributed by atoms with Crippen LogP contribution in [-0.4, -0.2) is 16.0 Å². The predicted molar refractivity (Wildman–Crippen MR) is 47.7 cm³/mol. The molecule has 0 bridgehead atoms. The van der Waals surface area contributed by atoms with E-state index >= 15 is 0 Å². The third-order valence-corrected chi connectivity index (χ3v) is 3.56. The topological polar surface area (TPSA) is 45.8 Å². The van der Waals surface area contributed by atoms with Crippen molar-refractivity contribution in [2.24, 2.45) is 11.8 Å². The standard InChI is InChI=1S/C10H12N2O/c1-4-6-3-7-9(8(4)6)10(5(2)13)12-11-7/h4,6,8H,3H2,1-2H3,(H,11,12). The smallest absolute Gasteiger partial charge is 0.177 e. The number of ketones is 1. The summed E-state index contributed by atoms with van der Waals surface area (Å²) in [4.78, 5) is 11.3. The van der Waals surface area contributed by atoms with Crippen LogP contribution in [0.4, 0.5) is 0 Å². The molecule has 1 N–H and O–H groups in total. The van der Waals surface area contributed by atoms with E-state index in [2.05, 4.69) is 17.1 Å². The van der Waals surface area contributed by atoms with E-state index in [-0.39, 0.29) is 5.78 Å². The zero-order valence-corrected chi connectivity index (χ0v) is 7.79. The molecular formula is C10H12N2O. The van der Waals surface area contributed by atoms with E-state index in [0.717, 1.165) is 29.6 Å². The second-order valence-corrected chi connectivity index (χ2v) is 4.27. The summed E-state index contributed by atoms with van der Waals surface area (Å²) >= 11 is 0. The van der Waals surface area contributed by atoms with Crippen LogP contribution in [0.15, 0.2) is 0 Å². The van der Waals surface area contributed by atoms with E-state index in [1.54, 1.807) is 6.92 Å². The van der Waals surface area contributed by atoms with Gasteiger partial charge in [-0.3, -0.25) is 9.89 Å². The van der Waals surface area contributed by atoms with Crippen LogP contribution in [0.25, 0.3) is 0 Å². The summed E-state index contributed by atoms with van der Waals surface area (Å²) in [6.07, 6.45) is 1.07. The van der Waals surface area contributed by atoms with Crippen LogP contribution in [-0.2, 0) is 6.42 Å². The van der Waals surface area contributed by atoms with Gasteiger partial charge in [-0.05, 0) is 24.2 Å². The van der Waals surface area contributed by atoms with Crippen molar-refractivity contribution >= 4 is 5.78 Å². The highest BCUT2D eigenvalue weighted by Crippen LogP contribution is 2.61. The lowest BCUT2D eigenvalue weighted by Gasteiger charge is -1.97. The van der Waals surface area contributed by atoms with Crippen molar-refractivity contribution < 1.29 is 4.79 Å². The first-order valence-electron chi connectivity index (χ1n) is 4.78. The Morgan fingerprint density at radius 3 is 3.08 bits per heavy atom. The minimum Gasteiger partial charge on any atom is -0.293 e. The number of aromatic nitrogens is 2. The molecule has 13 heavy (non-hydrogen) atoms. The molecule has 0 radical (unpaired) electrons. The number of nitrogens with zero attached hydrogens (tertiary/aromatic N) is 1. The fourth-order valence-electron chi connectivity index (χ4n) is 2.73. The van der Waals surface area contributed by atoms with Gasteiger partial charge in [0, 0.05) is 12.5 Å². The van der Waals surface area contributed by atoms with Crippen molar-refractivity contribution in [3.63, 3.8) is 0 Å². The summed E-state index contributed by atoms with van der Waals surface area (Å²) in [7, 11) is 0. The monoisotopic (exact) mass is 176 g/mol. The van der Waals surface area contributed by atoms with Gasteiger partial charge in [0.1, 0.15) is 5.69 Å². The van der Waals surface area contributed by atoms with Crippen molar-refractivity contribution in [1.29, 1.82) is 0 Å². The van der Waals surface area contributed by atoms with Crippen molar-refractivity contribution in [3.05, 3.63) is 17.0 Å². The van der Waals surface area contributed by atoms with Gasteiger partial charge in [0.2, 0.25) is 0 Å². The molecule has 0 amide bonds. The summed E-state index contributed by atoms with van der Waals surface area (Å²) in [5, 5.41) is 7.04. The van der Waals surface area contributed by atoms with Crippen LogP contribution in [0.5, 0.6) is 0 Å². The van der Waals surface area contributed by atoms with E-state index in [4.69, 9.17) is 0 Å². The van der Waals surface area contributed by atoms with Crippen LogP contribution in [0.3, 0.4) is 0 Å². The molecule has 1 aromatic heterocycles. The SMILES string of the molecule is CC(=O)c1[nH]nc2c1C1C(C)C1C2. The maximum Gasteiger partial charge on any atom is 0.177 e. The Labute approximate surface area is 76.5 Å². The number of H-pyrrole nitrogens is 1. The first-order valence-corrected chi connectivity index (χ1v) is 4.78. The molecule has 3 unspecified atom stereocenters. The highest BCUT2D eigenvalue weighted by molar-refractivity contribution is 5.94. The van der Waals surface area contributed by atoms with Crippen LogP contribution in [0.1, 0.15) is 41.5 Å². The molecular weight excluding hydrogens is 164 g/mol. The molecule has 0 saturated heterocycles. The molecule has 1 fully saturated rings. The van der Waals surface area contributed by atoms with E-state index < -0.39 is 0 Å². The van der Waals surface area contributed by atoms with Gasteiger partial charge in [0.05, 0.1) is 5.69 Å². The maximum atomic E-state index is 11.3. The minimum absolute atomic E-state index is 0.119. The molecule has 2 aliphatic carbocycles. The Kier molecular flexibility index (Phi) is 1.14. The van der Waals surface area contributed by atoms with Crippen molar-refractivity contribution in [3.8, 4) is 0 Å². The molecule has 68 valence electrons. The zero-order chi connectivity index (χ0) is 9.16. The minimum atomic E-state index is 0.119. The molecule has 2 aliphatic rings. The van der Waals surface area contributed by atoms with Gasteiger partial charge in [-0.15, -0.1) is 0 Å². The average molecular weight is 176 g/mol. The van der Waals surface area contributed by atoms with Crippen molar-refractivity contribution in [2.75, 3.05) is 0 Å². The molecule has 1 aromatic rings. The summed E-state index contributed by atoms with van der Waals surface area (Å²) in [6.45, 7) is 3.86. The van der Waals surface area contributed by atoms with E-state index in [9.17, 15) is 4.79 Å². The fraction of sp³-hybridized carbons (Fsp3) is 0.600. The molecule has 3 nitrogen and oxygen atoms in total. The van der Waals surface area contributed by atoms with Crippen LogP contribution in [0, 0.1) is 11.8 Å². The molecule has 1 heterocycles. The van der Waals surface area contributed by atoms with Crippen LogP contribution in [0.2, 0.25) is 0 Å². The van der Waals surface area contributed by atoms with Gasteiger partial charge >= 0.3 is 0 Å². The Hall–Kier alpha value is -1.12. The summed E-state index contributed by atoms with van der Waals surface area (Å²) < 4.78 is 0. The number of carbonyl (C=O) groups is 1. The highest BCUT2D eigenvalue weighted by atomic mass is 16.1. The largest absolute Gasteiger partial charge is 0.293 e.